The Morgan fingerprint density at radius 3 is 2.44 bits per heavy atom. The van der Waals surface area contributed by atoms with Gasteiger partial charge in [-0.2, -0.15) is 0 Å². The van der Waals surface area contributed by atoms with Gasteiger partial charge in [0.2, 0.25) is 0 Å². The van der Waals surface area contributed by atoms with Crippen LogP contribution < -0.4 is 0 Å². The van der Waals surface area contributed by atoms with Gasteiger partial charge in [-0.25, -0.2) is 8.78 Å². The number of rotatable bonds is 5. The van der Waals surface area contributed by atoms with Gasteiger partial charge in [-0.15, -0.1) is 0 Å². The van der Waals surface area contributed by atoms with E-state index in [1.54, 1.807) is 23.1 Å². The molecule has 0 spiro atoms. The van der Waals surface area contributed by atoms with Crippen molar-refractivity contribution < 1.29 is 13.6 Å². The lowest BCUT2D eigenvalue weighted by atomic mass is 10.1. The molecule has 0 bridgehead atoms. The molecular weight excluding hydrogens is 322 g/mol. The second-order valence-electron chi connectivity index (χ2n) is 6.34. The second kappa shape index (κ2) is 8.21. The minimum atomic E-state index is -0.391. The fourth-order valence-corrected chi connectivity index (χ4v) is 3.17. The highest BCUT2D eigenvalue weighted by molar-refractivity contribution is 5.94. The molecule has 5 heteroatoms. The van der Waals surface area contributed by atoms with E-state index in [0.717, 1.165) is 38.0 Å². The van der Waals surface area contributed by atoms with E-state index >= 15 is 0 Å². The Balaban J connectivity index is 1.44. The highest BCUT2D eigenvalue weighted by atomic mass is 19.1. The third-order valence-corrected chi connectivity index (χ3v) is 4.61. The Labute approximate surface area is 146 Å². The summed E-state index contributed by atoms with van der Waals surface area (Å²) < 4.78 is 26.9. The van der Waals surface area contributed by atoms with Crippen molar-refractivity contribution in [2.24, 2.45) is 0 Å². The fraction of sp³-hybridized carbons (Fsp3) is 0.350. The van der Waals surface area contributed by atoms with E-state index in [-0.39, 0.29) is 11.7 Å². The van der Waals surface area contributed by atoms with Crippen molar-refractivity contribution >= 4 is 5.91 Å². The summed E-state index contributed by atoms with van der Waals surface area (Å²) in [5, 5.41) is 0. The lowest BCUT2D eigenvalue weighted by Crippen LogP contribution is -2.48. The van der Waals surface area contributed by atoms with Crippen molar-refractivity contribution in [3.05, 3.63) is 71.3 Å². The Morgan fingerprint density at radius 1 is 0.960 bits per heavy atom. The van der Waals surface area contributed by atoms with Crippen molar-refractivity contribution in [3.63, 3.8) is 0 Å². The monoisotopic (exact) mass is 344 g/mol. The van der Waals surface area contributed by atoms with Gasteiger partial charge >= 0.3 is 0 Å². The lowest BCUT2D eigenvalue weighted by Gasteiger charge is -2.34. The predicted octanol–water partition coefficient (Wildman–Crippen LogP) is 3.36. The minimum Gasteiger partial charge on any atom is -0.336 e. The number of carbonyl (C=O) groups excluding carboxylic acids is 1. The van der Waals surface area contributed by atoms with Crippen LogP contribution in [0.5, 0.6) is 0 Å². The zero-order valence-electron chi connectivity index (χ0n) is 14.1. The molecule has 25 heavy (non-hydrogen) atoms. The third-order valence-electron chi connectivity index (χ3n) is 4.61. The van der Waals surface area contributed by atoms with Gasteiger partial charge in [-0.05, 0) is 49.2 Å². The standard InChI is InChI=1S/C20H22F2N2O/c21-18-8-3-6-17(15-18)20(25)24-13-11-23(12-14-24)10-4-7-16-5-1-2-9-19(16)22/h1-3,5-6,8-9,15H,4,7,10-14H2. The molecule has 1 amide bonds. The molecule has 0 saturated carbocycles. The zero-order valence-corrected chi connectivity index (χ0v) is 14.1. The molecule has 0 atom stereocenters. The highest BCUT2D eigenvalue weighted by Gasteiger charge is 2.22. The van der Waals surface area contributed by atoms with E-state index < -0.39 is 5.82 Å². The number of carbonyl (C=O) groups is 1. The summed E-state index contributed by atoms with van der Waals surface area (Å²) in [6, 6.07) is 12.7. The fourth-order valence-electron chi connectivity index (χ4n) is 3.17. The first-order chi connectivity index (χ1) is 12.1. The SMILES string of the molecule is O=C(c1cccc(F)c1)N1CCN(CCCc2ccccc2F)CC1. The van der Waals surface area contributed by atoms with Crippen molar-refractivity contribution in [2.45, 2.75) is 12.8 Å². The van der Waals surface area contributed by atoms with Crippen LogP contribution in [0.2, 0.25) is 0 Å². The summed E-state index contributed by atoms with van der Waals surface area (Å²) in [4.78, 5) is 16.4. The van der Waals surface area contributed by atoms with Gasteiger partial charge in [0.25, 0.3) is 5.91 Å². The average molecular weight is 344 g/mol. The van der Waals surface area contributed by atoms with Gasteiger partial charge in [0.15, 0.2) is 0 Å². The quantitative estimate of drug-likeness (QED) is 0.830. The molecule has 0 N–H and O–H groups in total. The number of nitrogens with zero attached hydrogens (tertiary/aromatic N) is 2. The van der Waals surface area contributed by atoms with Crippen LogP contribution in [0.25, 0.3) is 0 Å². The van der Waals surface area contributed by atoms with Gasteiger partial charge in [0.1, 0.15) is 11.6 Å². The number of amides is 1. The van der Waals surface area contributed by atoms with Crippen LogP contribution in [-0.4, -0.2) is 48.4 Å². The van der Waals surface area contributed by atoms with Crippen LogP contribution in [0.3, 0.4) is 0 Å². The topological polar surface area (TPSA) is 23.6 Å². The van der Waals surface area contributed by atoms with Crippen LogP contribution in [-0.2, 0) is 6.42 Å². The molecule has 1 fully saturated rings. The first-order valence-electron chi connectivity index (χ1n) is 8.64. The molecule has 1 heterocycles. The number of aryl methyl sites for hydroxylation is 1. The number of benzene rings is 2. The van der Waals surface area contributed by atoms with E-state index in [0.29, 0.717) is 18.7 Å². The van der Waals surface area contributed by atoms with E-state index in [9.17, 15) is 13.6 Å². The predicted molar refractivity (Wildman–Crippen MR) is 93.5 cm³/mol. The maximum absolute atomic E-state index is 13.6. The molecule has 132 valence electrons. The van der Waals surface area contributed by atoms with Crippen LogP contribution in [0.15, 0.2) is 48.5 Å². The van der Waals surface area contributed by atoms with E-state index in [2.05, 4.69) is 4.90 Å². The minimum absolute atomic E-state index is 0.120. The van der Waals surface area contributed by atoms with E-state index in [1.165, 1.54) is 18.2 Å². The summed E-state index contributed by atoms with van der Waals surface area (Å²) >= 11 is 0. The molecule has 3 nitrogen and oxygen atoms in total. The number of piperazine rings is 1. The Hall–Kier alpha value is -2.27. The largest absolute Gasteiger partial charge is 0.336 e. The zero-order chi connectivity index (χ0) is 17.6. The van der Waals surface area contributed by atoms with Crippen LogP contribution in [0.4, 0.5) is 8.78 Å². The number of hydrogen-bond donors (Lipinski definition) is 0. The average Bonchev–Trinajstić information content (AvgIpc) is 2.63. The molecule has 1 saturated heterocycles. The van der Waals surface area contributed by atoms with Crippen molar-refractivity contribution in [2.75, 3.05) is 32.7 Å². The molecule has 1 aliphatic heterocycles. The van der Waals surface area contributed by atoms with Gasteiger partial charge in [0, 0.05) is 31.7 Å². The summed E-state index contributed by atoms with van der Waals surface area (Å²) in [7, 11) is 0. The first-order valence-corrected chi connectivity index (χ1v) is 8.64. The summed E-state index contributed by atoms with van der Waals surface area (Å²) in [6.07, 6.45) is 1.61. The lowest BCUT2D eigenvalue weighted by molar-refractivity contribution is 0.0635. The Kier molecular flexibility index (Phi) is 5.76. The van der Waals surface area contributed by atoms with E-state index in [4.69, 9.17) is 0 Å². The molecule has 0 radical (unpaired) electrons. The summed E-state index contributed by atoms with van der Waals surface area (Å²) in [6.45, 7) is 3.73. The van der Waals surface area contributed by atoms with Gasteiger partial charge < -0.3 is 4.90 Å². The van der Waals surface area contributed by atoms with E-state index in [1.807, 2.05) is 12.1 Å². The van der Waals surface area contributed by atoms with Crippen molar-refractivity contribution in [1.82, 2.24) is 9.80 Å². The van der Waals surface area contributed by atoms with Crippen molar-refractivity contribution in [1.29, 1.82) is 0 Å². The molecule has 1 aliphatic rings. The Bertz CT molecular complexity index is 727. The maximum atomic E-state index is 13.6. The second-order valence-corrected chi connectivity index (χ2v) is 6.34. The maximum Gasteiger partial charge on any atom is 0.254 e. The molecule has 0 aliphatic carbocycles. The molecule has 0 unspecified atom stereocenters. The summed E-state index contributed by atoms with van der Waals surface area (Å²) in [5.74, 6) is -0.656. The first kappa shape index (κ1) is 17.5. The van der Waals surface area contributed by atoms with Crippen LogP contribution in [0.1, 0.15) is 22.3 Å². The summed E-state index contributed by atoms with van der Waals surface area (Å²) in [5.41, 5.74) is 1.15. The normalized spacial score (nSPS) is 15.4. The van der Waals surface area contributed by atoms with Gasteiger partial charge in [0.05, 0.1) is 0 Å². The van der Waals surface area contributed by atoms with Crippen molar-refractivity contribution in [3.8, 4) is 0 Å². The Morgan fingerprint density at radius 2 is 1.72 bits per heavy atom. The smallest absolute Gasteiger partial charge is 0.254 e. The van der Waals surface area contributed by atoms with Gasteiger partial charge in [-0.1, -0.05) is 24.3 Å². The highest BCUT2D eigenvalue weighted by Crippen LogP contribution is 2.12. The van der Waals surface area contributed by atoms with Crippen LogP contribution in [0, 0.1) is 11.6 Å². The van der Waals surface area contributed by atoms with Crippen LogP contribution >= 0.6 is 0 Å². The molecule has 2 aromatic carbocycles. The molecule has 2 aromatic rings. The number of hydrogen-bond acceptors (Lipinski definition) is 2. The van der Waals surface area contributed by atoms with Gasteiger partial charge in [-0.3, -0.25) is 9.69 Å². The molecule has 3 rings (SSSR count). The third kappa shape index (κ3) is 4.63. The molecule has 0 aromatic heterocycles. The number of halogens is 2. The molecular formula is C20H22F2N2O.